The Morgan fingerprint density at radius 2 is 2.07 bits per heavy atom. The number of thioether (sulfide) groups is 1. The van der Waals surface area contributed by atoms with Gasteiger partial charge in [0, 0.05) is 10.0 Å². The summed E-state index contributed by atoms with van der Waals surface area (Å²) in [5, 5.41) is 9.20. The van der Waals surface area contributed by atoms with Gasteiger partial charge < -0.3 is 4.74 Å². The van der Waals surface area contributed by atoms with Crippen molar-refractivity contribution in [2.45, 2.75) is 38.5 Å². The molecule has 0 bridgehead atoms. The van der Waals surface area contributed by atoms with Crippen LogP contribution < -0.4 is 4.74 Å². The summed E-state index contributed by atoms with van der Waals surface area (Å²) in [6, 6.07) is 13.8. The summed E-state index contributed by atoms with van der Waals surface area (Å²) in [6.07, 6.45) is 3.43. The third-order valence-corrected chi connectivity index (χ3v) is 6.42. The van der Waals surface area contributed by atoms with Crippen LogP contribution in [0.2, 0.25) is 0 Å². The molecule has 0 radical (unpaired) electrons. The van der Waals surface area contributed by atoms with Gasteiger partial charge in [-0.2, -0.15) is 5.10 Å². The number of halogens is 1. The number of amides is 1. The third-order valence-electron chi connectivity index (χ3n) is 4.69. The molecule has 152 valence electrons. The van der Waals surface area contributed by atoms with E-state index in [0.29, 0.717) is 17.5 Å². The molecule has 29 heavy (non-hydrogen) atoms. The fourth-order valence-electron chi connectivity index (χ4n) is 3.08. The van der Waals surface area contributed by atoms with Crippen molar-refractivity contribution < 1.29 is 9.53 Å². The first-order chi connectivity index (χ1) is 14.0. The molecule has 2 aromatic rings. The zero-order chi connectivity index (χ0) is 20.8. The van der Waals surface area contributed by atoms with Gasteiger partial charge in [0.2, 0.25) is 5.91 Å². The molecule has 0 aromatic heterocycles. The van der Waals surface area contributed by atoms with Gasteiger partial charge in [-0.1, -0.05) is 65.3 Å². The lowest BCUT2D eigenvalue weighted by molar-refractivity contribution is -0.126. The molecule has 0 saturated carbocycles. The van der Waals surface area contributed by atoms with Crippen LogP contribution in [0.5, 0.6) is 5.75 Å². The third kappa shape index (κ3) is 5.28. The highest BCUT2D eigenvalue weighted by atomic mass is 79.9. The molecule has 1 aliphatic heterocycles. The molecular formula is C22H24BrN3O2S. The molecule has 5 nitrogen and oxygen atoms in total. The maximum atomic E-state index is 12.9. The summed E-state index contributed by atoms with van der Waals surface area (Å²) >= 11 is 4.96. The lowest BCUT2D eigenvalue weighted by Crippen LogP contribution is -2.31. The van der Waals surface area contributed by atoms with Crippen molar-refractivity contribution in [1.29, 1.82) is 0 Å². The van der Waals surface area contributed by atoms with E-state index in [-0.39, 0.29) is 11.2 Å². The number of benzene rings is 2. The number of amidine groups is 1. The van der Waals surface area contributed by atoms with Gasteiger partial charge in [0.15, 0.2) is 5.17 Å². The molecule has 1 unspecified atom stereocenters. The van der Waals surface area contributed by atoms with Crippen LogP contribution in [0, 0.1) is 6.92 Å². The number of nitrogens with zero attached hydrogens (tertiary/aromatic N) is 3. The van der Waals surface area contributed by atoms with E-state index in [4.69, 9.17) is 4.74 Å². The van der Waals surface area contributed by atoms with E-state index in [1.807, 2.05) is 36.4 Å². The van der Waals surface area contributed by atoms with Crippen molar-refractivity contribution in [2.24, 2.45) is 10.2 Å². The van der Waals surface area contributed by atoms with Crippen molar-refractivity contribution >= 4 is 45.0 Å². The van der Waals surface area contributed by atoms with Gasteiger partial charge in [-0.15, -0.1) is 5.10 Å². The first-order valence-corrected chi connectivity index (χ1v) is 11.2. The zero-order valence-corrected chi connectivity index (χ0v) is 19.2. The van der Waals surface area contributed by atoms with Crippen LogP contribution in [0.3, 0.4) is 0 Å². The van der Waals surface area contributed by atoms with E-state index in [9.17, 15) is 4.79 Å². The topological polar surface area (TPSA) is 54.3 Å². The van der Waals surface area contributed by atoms with Crippen LogP contribution in [0.15, 0.2) is 57.1 Å². The molecule has 1 atom stereocenters. The van der Waals surface area contributed by atoms with Crippen LogP contribution in [0.4, 0.5) is 0 Å². The van der Waals surface area contributed by atoms with Crippen molar-refractivity contribution in [1.82, 2.24) is 4.90 Å². The Hall–Kier alpha value is -2.12. The van der Waals surface area contributed by atoms with E-state index in [0.717, 1.165) is 34.0 Å². The van der Waals surface area contributed by atoms with E-state index >= 15 is 0 Å². The molecule has 0 N–H and O–H groups in total. The Kier molecular flexibility index (Phi) is 7.50. The number of carbonyl (C=O) groups is 1. The second kappa shape index (κ2) is 10.1. The lowest BCUT2D eigenvalue weighted by Gasteiger charge is -2.17. The summed E-state index contributed by atoms with van der Waals surface area (Å²) in [5.41, 5.74) is 3.09. The average Bonchev–Trinajstić information content (AvgIpc) is 2.99. The number of methoxy groups -OCH3 is 1. The molecule has 7 heteroatoms. The minimum Gasteiger partial charge on any atom is -0.496 e. The van der Waals surface area contributed by atoms with Gasteiger partial charge in [-0.25, -0.2) is 0 Å². The Morgan fingerprint density at radius 1 is 1.28 bits per heavy atom. The van der Waals surface area contributed by atoms with E-state index < -0.39 is 0 Å². The standard InChI is InChI=1S/C22H24BrN3O2S/c1-4-7-20-21(27)26(14-16-9-6-5-8-15(16)2)22(29-20)25-24-13-17-12-18(23)10-11-19(17)28-3/h5-6,8-13,20H,4,7,14H2,1-3H3/b24-13+,25-22-. The Morgan fingerprint density at radius 3 is 2.79 bits per heavy atom. The van der Waals surface area contributed by atoms with Crippen LogP contribution >= 0.6 is 27.7 Å². The predicted molar refractivity (Wildman–Crippen MR) is 124 cm³/mol. The molecule has 1 amide bonds. The monoisotopic (exact) mass is 473 g/mol. The van der Waals surface area contributed by atoms with Gasteiger partial charge >= 0.3 is 0 Å². The maximum Gasteiger partial charge on any atom is 0.242 e. The molecule has 1 aliphatic rings. The Balaban J connectivity index is 1.87. The summed E-state index contributed by atoms with van der Waals surface area (Å²) in [7, 11) is 1.62. The van der Waals surface area contributed by atoms with Crippen molar-refractivity contribution in [3.63, 3.8) is 0 Å². The quantitative estimate of drug-likeness (QED) is 0.399. The highest BCUT2D eigenvalue weighted by molar-refractivity contribution is 9.10. The molecular weight excluding hydrogens is 450 g/mol. The summed E-state index contributed by atoms with van der Waals surface area (Å²) < 4.78 is 6.30. The highest BCUT2D eigenvalue weighted by Crippen LogP contribution is 2.32. The van der Waals surface area contributed by atoms with Crippen molar-refractivity contribution in [3.05, 3.63) is 63.6 Å². The second-order valence-electron chi connectivity index (χ2n) is 6.76. The Labute approximate surface area is 184 Å². The molecule has 1 fully saturated rings. The molecule has 2 aromatic carbocycles. The van der Waals surface area contributed by atoms with E-state index in [1.54, 1.807) is 18.2 Å². The van der Waals surface area contributed by atoms with Crippen molar-refractivity contribution in [2.75, 3.05) is 7.11 Å². The maximum absolute atomic E-state index is 12.9. The SMILES string of the molecule is CCCC1S/C(=N\N=C\c2cc(Br)ccc2OC)N(Cc2ccccc2C)C1=O. The zero-order valence-electron chi connectivity index (χ0n) is 16.8. The normalized spacial score (nSPS) is 18.2. The number of rotatable bonds is 7. The minimum atomic E-state index is -0.0987. The smallest absolute Gasteiger partial charge is 0.242 e. The van der Waals surface area contributed by atoms with Gasteiger partial charge in [0.25, 0.3) is 0 Å². The van der Waals surface area contributed by atoms with Crippen LogP contribution in [0.25, 0.3) is 0 Å². The number of carbonyl (C=O) groups excluding carboxylic acids is 1. The van der Waals surface area contributed by atoms with Crippen LogP contribution in [-0.4, -0.2) is 34.5 Å². The Bertz CT molecular complexity index is 945. The average molecular weight is 474 g/mol. The predicted octanol–water partition coefficient (Wildman–Crippen LogP) is 5.40. The van der Waals surface area contributed by atoms with Crippen LogP contribution in [0.1, 0.15) is 36.5 Å². The first-order valence-electron chi connectivity index (χ1n) is 9.50. The summed E-state index contributed by atoms with van der Waals surface area (Å²) in [4.78, 5) is 14.7. The van der Waals surface area contributed by atoms with Crippen molar-refractivity contribution in [3.8, 4) is 5.75 Å². The van der Waals surface area contributed by atoms with E-state index in [1.165, 1.54) is 11.8 Å². The first kappa shape index (κ1) is 21.6. The van der Waals surface area contributed by atoms with Gasteiger partial charge in [-0.05, 0) is 42.7 Å². The van der Waals surface area contributed by atoms with Crippen LogP contribution in [-0.2, 0) is 11.3 Å². The van der Waals surface area contributed by atoms with Gasteiger partial charge in [0.05, 0.1) is 25.1 Å². The number of hydrogen-bond acceptors (Lipinski definition) is 5. The number of ether oxygens (including phenoxy) is 1. The minimum absolute atomic E-state index is 0.0987. The molecule has 1 saturated heterocycles. The molecule has 0 spiro atoms. The van der Waals surface area contributed by atoms with Gasteiger partial charge in [-0.3, -0.25) is 9.69 Å². The summed E-state index contributed by atoms with van der Waals surface area (Å²) in [6.45, 7) is 4.65. The highest BCUT2D eigenvalue weighted by Gasteiger charge is 2.37. The fourth-order valence-corrected chi connectivity index (χ4v) is 4.67. The summed E-state index contributed by atoms with van der Waals surface area (Å²) in [5.74, 6) is 0.821. The molecule has 0 aliphatic carbocycles. The lowest BCUT2D eigenvalue weighted by atomic mass is 10.1. The number of hydrogen-bond donors (Lipinski definition) is 0. The fraction of sp³-hybridized carbons (Fsp3) is 0.318. The van der Waals surface area contributed by atoms with E-state index in [2.05, 4.69) is 46.0 Å². The second-order valence-corrected chi connectivity index (χ2v) is 8.85. The largest absolute Gasteiger partial charge is 0.496 e. The van der Waals surface area contributed by atoms with Gasteiger partial charge in [0.1, 0.15) is 5.75 Å². The number of aryl methyl sites for hydroxylation is 1. The molecule has 1 heterocycles. The molecule has 3 rings (SSSR count).